The second-order valence-corrected chi connectivity index (χ2v) is 8.72. The maximum Gasteiger partial charge on any atom is 0.309 e. The van der Waals surface area contributed by atoms with E-state index in [1.807, 2.05) is 0 Å². The topological polar surface area (TPSA) is 72.2 Å². The van der Waals surface area contributed by atoms with Crippen molar-refractivity contribution >= 4 is 34.4 Å². The molecule has 0 spiro atoms. The molecule has 0 radical (unpaired) electrons. The van der Waals surface area contributed by atoms with Gasteiger partial charge in [-0.05, 0) is 63.3 Å². The summed E-state index contributed by atoms with van der Waals surface area (Å²) in [5.41, 5.74) is 1.16. The highest BCUT2D eigenvalue weighted by Gasteiger charge is 2.39. The molecule has 4 rings (SSSR count). The summed E-state index contributed by atoms with van der Waals surface area (Å²) in [6.45, 7) is 3.53. The predicted octanol–water partition coefficient (Wildman–Crippen LogP) is 5.57. The lowest BCUT2D eigenvalue weighted by Crippen LogP contribution is -2.32. The summed E-state index contributed by atoms with van der Waals surface area (Å²) >= 11 is 6.28. The van der Waals surface area contributed by atoms with Gasteiger partial charge in [-0.1, -0.05) is 29.8 Å². The number of benzene rings is 2. The van der Waals surface area contributed by atoms with E-state index in [0.29, 0.717) is 58.4 Å². The average molecular weight is 429 g/mol. The first kappa shape index (κ1) is 20.5. The van der Waals surface area contributed by atoms with Crippen molar-refractivity contribution in [3.63, 3.8) is 0 Å². The smallest absolute Gasteiger partial charge is 0.309 e. The van der Waals surface area contributed by atoms with E-state index in [2.05, 4.69) is 5.10 Å². The van der Waals surface area contributed by atoms with Crippen molar-refractivity contribution < 1.29 is 19.1 Å². The normalized spacial score (nSPS) is 21.7. The minimum atomic E-state index is -0.813. The van der Waals surface area contributed by atoms with E-state index in [9.17, 15) is 19.1 Å². The molecular weight excluding hydrogens is 407 g/mol. The molecule has 2 aromatic carbocycles. The Bertz CT molecular complexity index is 1140. The van der Waals surface area contributed by atoms with Gasteiger partial charge < -0.3 is 5.11 Å². The van der Waals surface area contributed by atoms with Gasteiger partial charge in [0.25, 0.3) is 5.91 Å². The third-order valence-electron chi connectivity index (χ3n) is 6.30. The van der Waals surface area contributed by atoms with E-state index in [1.165, 1.54) is 10.7 Å². The molecule has 1 aromatic heterocycles. The van der Waals surface area contributed by atoms with Crippen LogP contribution in [-0.4, -0.2) is 26.8 Å². The molecule has 0 saturated heterocycles. The molecule has 0 bridgehead atoms. The first-order chi connectivity index (χ1) is 14.2. The molecule has 1 fully saturated rings. The summed E-state index contributed by atoms with van der Waals surface area (Å²) in [7, 11) is 0. The molecule has 1 N–H and O–H groups in total. The minimum absolute atomic E-state index is 0.113. The van der Waals surface area contributed by atoms with Crippen LogP contribution < -0.4 is 0 Å². The van der Waals surface area contributed by atoms with E-state index in [1.54, 1.807) is 44.2 Å². The number of carbonyl (C=O) groups is 2. The molecule has 3 aromatic rings. The largest absolute Gasteiger partial charge is 0.481 e. The van der Waals surface area contributed by atoms with Crippen LogP contribution in [0.5, 0.6) is 0 Å². The highest BCUT2D eigenvalue weighted by atomic mass is 35.5. The monoisotopic (exact) mass is 428 g/mol. The molecule has 0 aliphatic heterocycles. The fraction of sp³-hybridized carbons (Fsp3) is 0.348. The van der Waals surface area contributed by atoms with Gasteiger partial charge in [0, 0.05) is 5.92 Å². The fourth-order valence-corrected chi connectivity index (χ4v) is 4.65. The van der Waals surface area contributed by atoms with Crippen LogP contribution in [0, 0.1) is 18.2 Å². The lowest BCUT2D eigenvalue weighted by atomic mass is 9.71. The van der Waals surface area contributed by atoms with E-state index in [0.717, 1.165) is 0 Å². The Morgan fingerprint density at radius 2 is 1.87 bits per heavy atom. The van der Waals surface area contributed by atoms with Crippen molar-refractivity contribution in [2.24, 2.45) is 5.41 Å². The van der Waals surface area contributed by atoms with Crippen molar-refractivity contribution in [3.05, 3.63) is 64.1 Å². The Labute approximate surface area is 178 Å². The van der Waals surface area contributed by atoms with Gasteiger partial charge >= 0.3 is 5.97 Å². The number of rotatable bonds is 3. The lowest BCUT2D eigenvalue weighted by Gasteiger charge is -2.33. The zero-order valence-electron chi connectivity index (χ0n) is 16.8. The molecule has 0 unspecified atom stereocenters. The van der Waals surface area contributed by atoms with Crippen LogP contribution in [0.4, 0.5) is 4.39 Å². The first-order valence-corrected chi connectivity index (χ1v) is 10.3. The number of aryl methyl sites for hydroxylation is 1. The molecule has 0 amide bonds. The van der Waals surface area contributed by atoms with Crippen LogP contribution in [0.3, 0.4) is 0 Å². The lowest BCUT2D eigenvalue weighted by molar-refractivity contribution is -0.149. The van der Waals surface area contributed by atoms with Gasteiger partial charge in [-0.2, -0.15) is 9.78 Å². The second-order valence-electron chi connectivity index (χ2n) is 8.31. The molecule has 5 nitrogen and oxygen atoms in total. The number of halogens is 2. The molecule has 1 aliphatic rings. The standard InChI is InChI=1S/C23H22ClFN2O3/c1-13-5-3-6-15(24)18(13)21(28)27-17-8-4-7-16(25)19(17)20(26-27)14-9-11-23(2,12-10-14)22(29)30/h3-8,14H,9-12H2,1-2H3,(H,29,30). The number of aliphatic carboxylic acids is 1. The van der Waals surface area contributed by atoms with Crippen LogP contribution >= 0.6 is 11.6 Å². The van der Waals surface area contributed by atoms with Crippen molar-refractivity contribution in [1.82, 2.24) is 9.78 Å². The number of carboxylic acid groups (broad SMARTS) is 1. The first-order valence-electron chi connectivity index (χ1n) is 9.93. The van der Waals surface area contributed by atoms with Gasteiger partial charge in [-0.25, -0.2) is 4.39 Å². The number of hydrogen-bond donors (Lipinski definition) is 1. The molecule has 30 heavy (non-hydrogen) atoms. The Kier molecular flexibility index (Phi) is 5.14. The van der Waals surface area contributed by atoms with E-state index >= 15 is 0 Å². The van der Waals surface area contributed by atoms with E-state index in [4.69, 9.17) is 11.6 Å². The maximum atomic E-state index is 14.8. The van der Waals surface area contributed by atoms with Crippen LogP contribution in [0.1, 0.15) is 60.1 Å². The number of hydrogen-bond acceptors (Lipinski definition) is 3. The number of fused-ring (bicyclic) bond motifs is 1. The Morgan fingerprint density at radius 3 is 2.50 bits per heavy atom. The Hall–Kier alpha value is -2.73. The van der Waals surface area contributed by atoms with E-state index < -0.39 is 23.1 Å². The van der Waals surface area contributed by atoms with Gasteiger partial charge in [-0.15, -0.1) is 0 Å². The highest BCUT2D eigenvalue weighted by molar-refractivity contribution is 6.34. The zero-order chi connectivity index (χ0) is 21.6. The Balaban J connectivity index is 1.80. The Morgan fingerprint density at radius 1 is 1.20 bits per heavy atom. The van der Waals surface area contributed by atoms with Crippen LogP contribution in [0.25, 0.3) is 10.9 Å². The van der Waals surface area contributed by atoms with Crippen molar-refractivity contribution in [1.29, 1.82) is 0 Å². The van der Waals surface area contributed by atoms with Crippen LogP contribution in [0.15, 0.2) is 36.4 Å². The summed E-state index contributed by atoms with van der Waals surface area (Å²) in [6.07, 6.45) is 2.10. The number of carboxylic acids is 1. The van der Waals surface area contributed by atoms with Gasteiger partial charge in [0.05, 0.1) is 32.6 Å². The van der Waals surface area contributed by atoms with Crippen LogP contribution in [-0.2, 0) is 4.79 Å². The molecule has 0 atom stereocenters. The average Bonchev–Trinajstić information content (AvgIpc) is 3.09. The summed E-state index contributed by atoms with van der Waals surface area (Å²) in [5, 5.41) is 14.7. The van der Waals surface area contributed by atoms with E-state index in [-0.39, 0.29) is 5.92 Å². The quantitative estimate of drug-likeness (QED) is 0.591. The number of aromatic nitrogens is 2. The molecule has 7 heteroatoms. The fourth-order valence-electron chi connectivity index (χ4n) is 4.35. The number of carbonyl (C=O) groups excluding carboxylic acids is 1. The van der Waals surface area contributed by atoms with Crippen molar-refractivity contribution in [2.45, 2.75) is 45.4 Å². The maximum absolute atomic E-state index is 14.8. The molecule has 1 aliphatic carbocycles. The molecular formula is C23H22ClFN2O3. The molecule has 1 saturated carbocycles. The summed E-state index contributed by atoms with van der Waals surface area (Å²) in [4.78, 5) is 24.9. The van der Waals surface area contributed by atoms with Gasteiger partial charge in [0.1, 0.15) is 5.82 Å². The summed E-state index contributed by atoms with van der Waals surface area (Å²) in [6, 6.07) is 9.77. The third kappa shape index (κ3) is 3.29. The third-order valence-corrected chi connectivity index (χ3v) is 6.62. The van der Waals surface area contributed by atoms with Gasteiger partial charge in [0.2, 0.25) is 0 Å². The summed E-state index contributed by atoms with van der Waals surface area (Å²) in [5.74, 6) is -1.78. The van der Waals surface area contributed by atoms with Crippen LogP contribution in [0.2, 0.25) is 5.02 Å². The zero-order valence-corrected chi connectivity index (χ0v) is 17.5. The number of nitrogens with zero attached hydrogens (tertiary/aromatic N) is 2. The van der Waals surface area contributed by atoms with Gasteiger partial charge in [0.15, 0.2) is 0 Å². The molecule has 156 valence electrons. The van der Waals surface area contributed by atoms with Crippen molar-refractivity contribution in [2.75, 3.05) is 0 Å². The summed E-state index contributed by atoms with van der Waals surface area (Å²) < 4.78 is 16.1. The van der Waals surface area contributed by atoms with Crippen molar-refractivity contribution in [3.8, 4) is 0 Å². The SMILES string of the molecule is Cc1cccc(Cl)c1C(=O)n1nc(C2CCC(C)(C(=O)O)CC2)c2c(F)cccc21. The molecule has 1 heterocycles. The highest BCUT2D eigenvalue weighted by Crippen LogP contribution is 2.44. The minimum Gasteiger partial charge on any atom is -0.481 e. The van der Waals surface area contributed by atoms with Gasteiger partial charge in [-0.3, -0.25) is 9.59 Å². The second kappa shape index (κ2) is 7.51. The predicted molar refractivity (Wildman–Crippen MR) is 113 cm³/mol.